The lowest BCUT2D eigenvalue weighted by molar-refractivity contribution is -0.107. The standard InChI is InChI=1S/C10H16N2O/c1-2-5-10-6-7-11-12(10)8-3-4-9-13/h3,7-10H,2,4-6H2,1H3/b8-3-. The zero-order valence-corrected chi connectivity index (χ0v) is 8.02. The van der Waals surface area contributed by atoms with Crippen molar-refractivity contribution in [1.82, 2.24) is 5.01 Å². The van der Waals surface area contributed by atoms with Gasteiger partial charge in [-0.3, -0.25) is 5.01 Å². The SMILES string of the molecule is CCCC1CC=NN1/C=C\CC=O. The van der Waals surface area contributed by atoms with Crippen molar-refractivity contribution in [1.29, 1.82) is 0 Å². The molecular weight excluding hydrogens is 164 g/mol. The van der Waals surface area contributed by atoms with E-state index in [-0.39, 0.29) is 0 Å². The third kappa shape index (κ3) is 3.01. The van der Waals surface area contributed by atoms with Crippen molar-refractivity contribution in [2.24, 2.45) is 5.10 Å². The second-order valence-electron chi connectivity index (χ2n) is 3.14. The summed E-state index contributed by atoms with van der Waals surface area (Å²) in [4.78, 5) is 10.1. The highest BCUT2D eigenvalue weighted by atomic mass is 16.1. The summed E-state index contributed by atoms with van der Waals surface area (Å²) in [5.74, 6) is 0. The molecule has 1 aliphatic rings. The van der Waals surface area contributed by atoms with Gasteiger partial charge in [-0.1, -0.05) is 19.4 Å². The number of aldehydes is 1. The number of allylic oxidation sites excluding steroid dienone is 1. The molecule has 0 saturated carbocycles. The van der Waals surface area contributed by atoms with Crippen LogP contribution in [0, 0.1) is 0 Å². The van der Waals surface area contributed by atoms with Crippen LogP contribution in [0.3, 0.4) is 0 Å². The first-order chi connectivity index (χ1) is 6.38. The Morgan fingerprint density at radius 1 is 1.69 bits per heavy atom. The van der Waals surface area contributed by atoms with Gasteiger partial charge in [0, 0.05) is 25.3 Å². The van der Waals surface area contributed by atoms with Crippen LogP contribution >= 0.6 is 0 Å². The van der Waals surface area contributed by atoms with Crippen LogP contribution in [-0.4, -0.2) is 23.6 Å². The Morgan fingerprint density at radius 2 is 2.54 bits per heavy atom. The van der Waals surface area contributed by atoms with Gasteiger partial charge in [-0.05, 0) is 6.42 Å². The molecule has 1 atom stereocenters. The molecule has 0 fully saturated rings. The predicted molar refractivity (Wildman–Crippen MR) is 53.5 cm³/mol. The number of hydrogen-bond donors (Lipinski definition) is 0. The lowest BCUT2D eigenvalue weighted by atomic mass is 10.1. The topological polar surface area (TPSA) is 32.7 Å². The van der Waals surface area contributed by atoms with Crippen molar-refractivity contribution in [3.8, 4) is 0 Å². The largest absolute Gasteiger partial charge is 0.303 e. The first-order valence-corrected chi connectivity index (χ1v) is 4.79. The lowest BCUT2D eigenvalue weighted by Gasteiger charge is -2.18. The molecular formula is C10H16N2O. The number of carbonyl (C=O) groups is 1. The van der Waals surface area contributed by atoms with Gasteiger partial charge in [0.05, 0.1) is 6.04 Å². The summed E-state index contributed by atoms with van der Waals surface area (Å²) in [6, 6.07) is 0.507. The summed E-state index contributed by atoms with van der Waals surface area (Å²) in [5.41, 5.74) is 0. The summed E-state index contributed by atoms with van der Waals surface area (Å²) in [6.45, 7) is 2.17. The quantitative estimate of drug-likeness (QED) is 0.606. The van der Waals surface area contributed by atoms with Crippen molar-refractivity contribution in [2.75, 3.05) is 0 Å². The van der Waals surface area contributed by atoms with E-state index >= 15 is 0 Å². The monoisotopic (exact) mass is 180 g/mol. The lowest BCUT2D eigenvalue weighted by Crippen LogP contribution is -2.20. The average Bonchev–Trinajstić information content (AvgIpc) is 2.54. The first-order valence-electron chi connectivity index (χ1n) is 4.79. The molecule has 0 radical (unpaired) electrons. The molecule has 0 aliphatic carbocycles. The maximum atomic E-state index is 10.1. The van der Waals surface area contributed by atoms with Crippen LogP contribution in [0.1, 0.15) is 32.6 Å². The Hall–Kier alpha value is -1.12. The van der Waals surface area contributed by atoms with Crippen LogP contribution in [0.4, 0.5) is 0 Å². The van der Waals surface area contributed by atoms with Crippen LogP contribution in [0.5, 0.6) is 0 Å². The minimum atomic E-state index is 0.477. The molecule has 1 aliphatic heterocycles. The Bertz CT molecular complexity index is 211. The number of hydrazone groups is 1. The Balaban J connectivity index is 2.38. The van der Waals surface area contributed by atoms with Gasteiger partial charge in [-0.2, -0.15) is 5.10 Å². The van der Waals surface area contributed by atoms with Crippen molar-refractivity contribution >= 4 is 12.5 Å². The minimum absolute atomic E-state index is 0.477. The number of hydrogen-bond acceptors (Lipinski definition) is 3. The van der Waals surface area contributed by atoms with Gasteiger partial charge in [0.25, 0.3) is 0 Å². The van der Waals surface area contributed by atoms with E-state index in [1.54, 1.807) is 0 Å². The van der Waals surface area contributed by atoms with Gasteiger partial charge in [-0.15, -0.1) is 0 Å². The molecule has 0 saturated heterocycles. The molecule has 0 aromatic rings. The Morgan fingerprint density at radius 3 is 3.23 bits per heavy atom. The fraction of sp³-hybridized carbons (Fsp3) is 0.600. The van der Waals surface area contributed by atoms with Gasteiger partial charge >= 0.3 is 0 Å². The molecule has 0 aromatic carbocycles. The molecule has 0 amide bonds. The van der Waals surface area contributed by atoms with Crippen LogP contribution < -0.4 is 0 Å². The zero-order valence-electron chi connectivity index (χ0n) is 8.02. The summed E-state index contributed by atoms with van der Waals surface area (Å²) in [7, 11) is 0. The Kier molecular flexibility index (Phi) is 4.23. The molecule has 0 aromatic heterocycles. The van der Waals surface area contributed by atoms with Crippen LogP contribution in [0.2, 0.25) is 0 Å². The highest BCUT2D eigenvalue weighted by Gasteiger charge is 2.16. The number of nitrogens with zero attached hydrogens (tertiary/aromatic N) is 2. The fourth-order valence-electron chi connectivity index (χ4n) is 1.43. The van der Waals surface area contributed by atoms with Gasteiger partial charge in [0.1, 0.15) is 6.29 Å². The molecule has 0 N–H and O–H groups in total. The third-order valence-electron chi connectivity index (χ3n) is 2.08. The minimum Gasteiger partial charge on any atom is -0.303 e. The fourth-order valence-corrected chi connectivity index (χ4v) is 1.43. The number of carbonyl (C=O) groups excluding carboxylic acids is 1. The average molecular weight is 180 g/mol. The molecule has 3 nitrogen and oxygen atoms in total. The van der Waals surface area contributed by atoms with E-state index in [1.165, 1.54) is 6.42 Å². The molecule has 13 heavy (non-hydrogen) atoms. The maximum Gasteiger partial charge on any atom is 0.123 e. The predicted octanol–water partition coefficient (Wildman–Crippen LogP) is 1.95. The van der Waals surface area contributed by atoms with E-state index in [0.29, 0.717) is 12.5 Å². The van der Waals surface area contributed by atoms with Crippen molar-refractivity contribution in [3.63, 3.8) is 0 Å². The highest BCUT2D eigenvalue weighted by molar-refractivity contribution is 5.60. The second kappa shape index (κ2) is 5.51. The van der Waals surface area contributed by atoms with Crippen LogP contribution in [0.25, 0.3) is 0 Å². The van der Waals surface area contributed by atoms with E-state index < -0.39 is 0 Å². The molecule has 0 spiro atoms. The number of rotatable bonds is 5. The normalized spacial score (nSPS) is 21.6. The first kappa shape index (κ1) is 9.96. The smallest absolute Gasteiger partial charge is 0.123 e. The Labute approximate surface area is 79.1 Å². The summed E-state index contributed by atoms with van der Waals surface area (Å²) in [6.07, 6.45) is 10.4. The van der Waals surface area contributed by atoms with Crippen molar-refractivity contribution in [2.45, 2.75) is 38.6 Å². The van der Waals surface area contributed by atoms with E-state index in [1.807, 2.05) is 23.5 Å². The molecule has 72 valence electrons. The van der Waals surface area contributed by atoms with Gasteiger partial charge in [0.15, 0.2) is 0 Å². The highest BCUT2D eigenvalue weighted by Crippen LogP contribution is 2.16. The molecule has 3 heteroatoms. The summed E-state index contributed by atoms with van der Waals surface area (Å²) in [5, 5.41) is 6.16. The second-order valence-corrected chi connectivity index (χ2v) is 3.14. The molecule has 1 heterocycles. The van der Waals surface area contributed by atoms with Gasteiger partial charge < -0.3 is 4.79 Å². The molecule has 1 rings (SSSR count). The van der Waals surface area contributed by atoms with E-state index in [0.717, 1.165) is 19.1 Å². The van der Waals surface area contributed by atoms with Crippen molar-refractivity contribution < 1.29 is 4.79 Å². The van der Waals surface area contributed by atoms with E-state index in [2.05, 4.69) is 12.0 Å². The third-order valence-corrected chi connectivity index (χ3v) is 2.08. The molecule has 0 bridgehead atoms. The van der Waals surface area contributed by atoms with E-state index in [4.69, 9.17) is 0 Å². The van der Waals surface area contributed by atoms with E-state index in [9.17, 15) is 4.79 Å². The van der Waals surface area contributed by atoms with Crippen molar-refractivity contribution in [3.05, 3.63) is 12.3 Å². The van der Waals surface area contributed by atoms with Gasteiger partial charge in [0.2, 0.25) is 0 Å². The van der Waals surface area contributed by atoms with Crippen LogP contribution in [-0.2, 0) is 4.79 Å². The summed E-state index contributed by atoms with van der Waals surface area (Å²) >= 11 is 0. The van der Waals surface area contributed by atoms with Gasteiger partial charge in [-0.25, -0.2) is 0 Å². The zero-order chi connectivity index (χ0) is 9.52. The summed E-state index contributed by atoms with van der Waals surface area (Å²) < 4.78 is 0. The van der Waals surface area contributed by atoms with Crippen LogP contribution in [0.15, 0.2) is 17.4 Å². The molecule has 1 unspecified atom stereocenters. The maximum absolute atomic E-state index is 10.1.